The van der Waals surface area contributed by atoms with Crippen molar-refractivity contribution in [3.63, 3.8) is 0 Å². The Morgan fingerprint density at radius 2 is 1.52 bits per heavy atom. The first kappa shape index (κ1) is 41.8. The Morgan fingerprint density at radius 3 is 2.07 bits per heavy atom. The van der Waals surface area contributed by atoms with Crippen LogP contribution in [-0.4, -0.2) is 65.6 Å². The van der Waals surface area contributed by atoms with Crippen LogP contribution >= 0.6 is 0 Å². The Morgan fingerprint density at radius 1 is 0.907 bits per heavy atom. The first-order valence-corrected chi connectivity index (χ1v) is 20.3. The molecule has 1 saturated carbocycles. The monoisotopic (exact) mass is 754 g/mol. The van der Waals surface area contributed by atoms with Crippen molar-refractivity contribution in [2.45, 2.75) is 186 Å². The molecule has 0 N–H and O–H groups in total. The van der Waals surface area contributed by atoms with Gasteiger partial charge in [-0.3, -0.25) is 19.2 Å². The van der Waals surface area contributed by atoms with Gasteiger partial charge in [0.05, 0.1) is 24.4 Å². The topological polar surface area (TPSA) is 145 Å². The van der Waals surface area contributed by atoms with Crippen LogP contribution in [0.1, 0.15) is 156 Å². The highest BCUT2D eigenvalue weighted by Crippen LogP contribution is 2.68. The van der Waals surface area contributed by atoms with Crippen LogP contribution in [0.5, 0.6) is 0 Å². The zero-order valence-corrected chi connectivity index (χ0v) is 33.3. The van der Waals surface area contributed by atoms with Crippen LogP contribution < -0.4 is 0 Å². The lowest BCUT2D eigenvalue weighted by molar-refractivity contribution is -0.255. The fraction of sp³-hybridized carbons (Fsp3) is 0.744. The Hall–Kier alpha value is -3.31. The molecule has 0 amide bonds. The second kappa shape index (κ2) is 17.2. The van der Waals surface area contributed by atoms with Crippen molar-refractivity contribution in [2.24, 2.45) is 16.7 Å². The van der Waals surface area contributed by atoms with Gasteiger partial charge in [0.1, 0.15) is 35.8 Å². The maximum atomic E-state index is 15.0. The van der Waals surface area contributed by atoms with Gasteiger partial charge >= 0.3 is 17.9 Å². The van der Waals surface area contributed by atoms with E-state index in [9.17, 15) is 24.0 Å². The lowest BCUT2D eigenvalue weighted by atomic mass is 9.64. The highest BCUT2D eigenvalue weighted by Gasteiger charge is 2.75. The number of ketones is 1. The van der Waals surface area contributed by atoms with Gasteiger partial charge in [0.25, 0.3) is 0 Å². The molecule has 3 saturated heterocycles. The second-order valence-electron chi connectivity index (χ2n) is 17.1. The lowest BCUT2D eigenvalue weighted by Gasteiger charge is -2.54. The fourth-order valence-electron chi connectivity index (χ4n) is 9.68. The molecule has 4 heterocycles. The summed E-state index contributed by atoms with van der Waals surface area (Å²) in [6, 6.07) is 1.70. The van der Waals surface area contributed by atoms with Crippen LogP contribution in [0.15, 0.2) is 35.2 Å². The van der Waals surface area contributed by atoms with Crippen molar-refractivity contribution in [3.05, 3.63) is 36.3 Å². The first-order chi connectivity index (χ1) is 25.7. The number of unbranched alkanes of at least 4 members (excludes halogenated alkanes) is 12. The number of hydrogen-bond acceptors (Lipinski definition) is 11. The number of rotatable bonds is 18. The third kappa shape index (κ3) is 7.99. The number of hydrogen-bond donors (Lipinski definition) is 0. The van der Waals surface area contributed by atoms with Gasteiger partial charge in [-0.25, -0.2) is 0 Å². The number of fused-ring (bicyclic) bond motifs is 2. The molecular weight excluding hydrogens is 692 g/mol. The van der Waals surface area contributed by atoms with Crippen molar-refractivity contribution in [1.29, 1.82) is 0 Å². The molecule has 1 spiro atoms. The molecule has 11 heteroatoms. The summed E-state index contributed by atoms with van der Waals surface area (Å²) in [5, 5.41) is 0. The molecule has 5 rings (SSSR count). The number of aldehydes is 1. The van der Waals surface area contributed by atoms with Crippen LogP contribution in [0, 0.1) is 16.7 Å². The minimum absolute atomic E-state index is 0.134. The molecule has 54 heavy (non-hydrogen) atoms. The average molecular weight is 755 g/mol. The van der Waals surface area contributed by atoms with E-state index in [0.29, 0.717) is 23.8 Å². The van der Waals surface area contributed by atoms with Crippen molar-refractivity contribution in [3.8, 4) is 0 Å². The molecule has 1 aromatic rings. The molecule has 9 atom stereocenters. The van der Waals surface area contributed by atoms with Crippen LogP contribution in [0.25, 0.3) is 0 Å². The van der Waals surface area contributed by atoms with E-state index in [-0.39, 0.29) is 19.3 Å². The van der Waals surface area contributed by atoms with Crippen molar-refractivity contribution < 1.29 is 52.1 Å². The normalized spacial score (nSPS) is 34.2. The van der Waals surface area contributed by atoms with E-state index in [2.05, 4.69) is 13.5 Å². The fourth-order valence-corrected chi connectivity index (χ4v) is 9.68. The number of esters is 3. The molecule has 1 aromatic heterocycles. The predicted octanol–water partition coefficient (Wildman–Crippen LogP) is 8.26. The van der Waals surface area contributed by atoms with Gasteiger partial charge in [0, 0.05) is 30.2 Å². The second-order valence-corrected chi connectivity index (χ2v) is 17.1. The van der Waals surface area contributed by atoms with Gasteiger partial charge in [-0.1, -0.05) is 97.5 Å². The number of Topliss-reactive ketones (excluding diaryl/α,β-unsaturated/α-hetero) is 1. The largest absolute Gasteiger partial charge is 0.472 e. The molecule has 1 aliphatic carbocycles. The van der Waals surface area contributed by atoms with Crippen molar-refractivity contribution in [1.82, 2.24) is 0 Å². The third-order valence-corrected chi connectivity index (χ3v) is 12.8. The van der Waals surface area contributed by atoms with Crippen molar-refractivity contribution in [2.75, 3.05) is 0 Å². The van der Waals surface area contributed by atoms with E-state index >= 15 is 0 Å². The summed E-state index contributed by atoms with van der Waals surface area (Å²) in [6.45, 7) is 14.6. The summed E-state index contributed by atoms with van der Waals surface area (Å²) < 4.78 is 37.0. The molecule has 4 fully saturated rings. The quantitative estimate of drug-likeness (QED) is 0.0470. The molecule has 11 nitrogen and oxygen atoms in total. The first-order valence-electron chi connectivity index (χ1n) is 20.3. The van der Waals surface area contributed by atoms with Crippen LogP contribution in [0.3, 0.4) is 0 Å². The van der Waals surface area contributed by atoms with E-state index < -0.39 is 82.2 Å². The van der Waals surface area contributed by atoms with Gasteiger partial charge in [0.15, 0.2) is 18.0 Å². The lowest BCUT2D eigenvalue weighted by Crippen LogP contribution is -2.64. The summed E-state index contributed by atoms with van der Waals surface area (Å²) in [6.07, 6.45) is 12.5. The SMILES string of the molecule is C=C1[C@@H]2C[C@@]3(C)[C@H](c4ccoc4)OC(=O)C[C@]13O[C@H]1[C@@H](OC(C)=O)[C@@H](OC(=O)CCCCCCCCCCCCCCC)C(C)(C)O[C@H](C=O)[C@@]1(C)C2=O. The van der Waals surface area contributed by atoms with E-state index in [0.717, 1.165) is 19.3 Å². The maximum absolute atomic E-state index is 15.0. The van der Waals surface area contributed by atoms with Gasteiger partial charge in [0.2, 0.25) is 0 Å². The summed E-state index contributed by atoms with van der Waals surface area (Å²) in [7, 11) is 0. The van der Waals surface area contributed by atoms with Gasteiger partial charge in [-0.2, -0.15) is 0 Å². The highest BCUT2D eigenvalue weighted by atomic mass is 16.6. The predicted molar refractivity (Wildman–Crippen MR) is 199 cm³/mol. The minimum Gasteiger partial charge on any atom is -0.472 e. The Kier molecular flexibility index (Phi) is 13.4. The summed E-state index contributed by atoms with van der Waals surface area (Å²) in [4.78, 5) is 67.9. The van der Waals surface area contributed by atoms with Crippen LogP contribution in [-0.2, 0) is 47.7 Å². The molecule has 0 radical (unpaired) electrons. The van der Waals surface area contributed by atoms with Gasteiger partial charge in [-0.05, 0) is 45.3 Å². The summed E-state index contributed by atoms with van der Waals surface area (Å²) in [5.41, 5.74) is -4.63. The van der Waals surface area contributed by atoms with Gasteiger partial charge in [-0.15, -0.1) is 0 Å². The molecule has 4 aliphatic rings. The van der Waals surface area contributed by atoms with E-state index in [1.807, 2.05) is 6.92 Å². The molecule has 2 bridgehead atoms. The average Bonchev–Trinajstić information content (AvgIpc) is 3.71. The molecule has 0 unspecified atom stereocenters. The minimum atomic E-state index is -1.72. The number of furan rings is 1. The maximum Gasteiger partial charge on any atom is 0.309 e. The standard InChI is InChI=1S/C43H62O11/c1-8-9-10-11-12-13-14-15-16-17-18-19-20-21-33(46)51-38-35(50-29(3)45)39-42(7,32(26-44)53-40(38,4)5)36(48)31-24-41(6)37(30-22-23-49-27-30)52-34(47)25-43(41,54-39)28(31)2/h22-23,26-27,31-32,35,37-39H,2,8-21,24-25H2,1,3-7H3/t31-,32+,35-,37-,38+,39-,41-,42-,43-/m0/s1. The zero-order valence-electron chi connectivity index (χ0n) is 33.3. The molecular formula is C43H62O11. The zero-order chi connectivity index (χ0) is 39.3. The van der Waals surface area contributed by atoms with Crippen LogP contribution in [0.4, 0.5) is 0 Å². The molecule has 0 aromatic carbocycles. The number of carbonyl (C=O) groups excluding carboxylic acids is 5. The smallest absolute Gasteiger partial charge is 0.309 e. The van der Waals surface area contributed by atoms with Gasteiger partial charge < -0.3 is 32.9 Å². The Labute approximate surface area is 320 Å². The summed E-state index contributed by atoms with van der Waals surface area (Å²) in [5.74, 6) is -3.04. The van der Waals surface area contributed by atoms with Crippen molar-refractivity contribution >= 4 is 30.0 Å². The molecule has 3 aliphatic heterocycles. The summed E-state index contributed by atoms with van der Waals surface area (Å²) >= 11 is 0. The third-order valence-electron chi connectivity index (χ3n) is 12.8. The highest BCUT2D eigenvalue weighted by molar-refractivity contribution is 5.95. The Bertz CT molecular complexity index is 1510. The Balaban J connectivity index is 1.35. The van der Waals surface area contributed by atoms with Crippen LogP contribution in [0.2, 0.25) is 0 Å². The van der Waals surface area contributed by atoms with E-state index in [4.69, 9.17) is 28.1 Å². The number of ether oxygens (including phenoxy) is 5. The van der Waals surface area contributed by atoms with E-state index in [1.54, 1.807) is 26.8 Å². The molecule has 300 valence electrons. The number of carbonyl (C=O) groups is 5. The van der Waals surface area contributed by atoms with E-state index in [1.165, 1.54) is 77.2 Å². The number of cyclic esters (lactones) is 1.